The highest BCUT2D eigenvalue weighted by atomic mass is 19.1. The van der Waals surface area contributed by atoms with Crippen LogP contribution in [0.4, 0.5) is 10.1 Å². The summed E-state index contributed by atoms with van der Waals surface area (Å²) in [6.07, 6.45) is 0.530. The molecule has 25 heavy (non-hydrogen) atoms. The SMILES string of the molecule is COc1ccccc1NCC(=O)NNC(=O)CCc1cccc(F)c1. The lowest BCUT2D eigenvalue weighted by atomic mass is 10.1. The van der Waals surface area contributed by atoms with Crippen LogP contribution >= 0.6 is 0 Å². The number of anilines is 1. The van der Waals surface area contributed by atoms with Gasteiger partial charge in [-0.05, 0) is 36.2 Å². The molecule has 0 aliphatic carbocycles. The first-order valence-corrected chi connectivity index (χ1v) is 7.77. The van der Waals surface area contributed by atoms with Crippen LogP contribution in [0.15, 0.2) is 48.5 Å². The Labute approximate surface area is 145 Å². The van der Waals surface area contributed by atoms with E-state index < -0.39 is 5.91 Å². The van der Waals surface area contributed by atoms with Gasteiger partial charge in [0.15, 0.2) is 0 Å². The van der Waals surface area contributed by atoms with E-state index in [0.717, 1.165) is 5.56 Å². The van der Waals surface area contributed by atoms with Crippen LogP contribution in [-0.2, 0) is 16.0 Å². The van der Waals surface area contributed by atoms with Crippen LogP contribution in [0.2, 0.25) is 0 Å². The molecule has 2 aromatic rings. The second-order valence-corrected chi connectivity index (χ2v) is 5.28. The highest BCUT2D eigenvalue weighted by molar-refractivity contribution is 5.84. The number of aryl methyl sites for hydroxylation is 1. The number of para-hydroxylation sites is 2. The van der Waals surface area contributed by atoms with Crippen molar-refractivity contribution in [2.24, 2.45) is 0 Å². The quantitative estimate of drug-likeness (QED) is 0.671. The first-order chi connectivity index (χ1) is 12.1. The van der Waals surface area contributed by atoms with Gasteiger partial charge in [-0.2, -0.15) is 0 Å². The van der Waals surface area contributed by atoms with Crippen molar-refractivity contribution < 1.29 is 18.7 Å². The van der Waals surface area contributed by atoms with Gasteiger partial charge < -0.3 is 10.1 Å². The number of ether oxygens (including phenoxy) is 1. The Morgan fingerprint density at radius 3 is 2.56 bits per heavy atom. The first kappa shape index (κ1) is 18.3. The molecule has 0 bridgehead atoms. The Morgan fingerprint density at radius 1 is 1.04 bits per heavy atom. The number of hydrazine groups is 1. The van der Waals surface area contributed by atoms with Crippen molar-refractivity contribution in [3.63, 3.8) is 0 Å². The van der Waals surface area contributed by atoms with Gasteiger partial charge in [-0.15, -0.1) is 0 Å². The van der Waals surface area contributed by atoms with Crippen LogP contribution in [0.1, 0.15) is 12.0 Å². The van der Waals surface area contributed by atoms with E-state index >= 15 is 0 Å². The number of benzene rings is 2. The average molecular weight is 345 g/mol. The lowest BCUT2D eigenvalue weighted by Gasteiger charge is -2.11. The maximum atomic E-state index is 13.1. The van der Waals surface area contributed by atoms with Crippen molar-refractivity contribution in [3.05, 3.63) is 59.9 Å². The summed E-state index contributed by atoms with van der Waals surface area (Å²) in [6, 6.07) is 13.2. The van der Waals surface area contributed by atoms with Gasteiger partial charge >= 0.3 is 0 Å². The molecule has 132 valence electrons. The number of carbonyl (C=O) groups excluding carboxylic acids is 2. The molecule has 0 saturated heterocycles. The zero-order valence-corrected chi connectivity index (χ0v) is 13.8. The predicted octanol–water partition coefficient (Wildman–Crippen LogP) is 2.03. The van der Waals surface area contributed by atoms with Gasteiger partial charge in [0.2, 0.25) is 5.91 Å². The number of hydrogen-bond donors (Lipinski definition) is 3. The fourth-order valence-corrected chi connectivity index (χ4v) is 2.16. The number of nitrogens with one attached hydrogen (secondary N) is 3. The summed E-state index contributed by atoms with van der Waals surface area (Å²) in [5.41, 5.74) is 6.05. The molecule has 0 unspecified atom stereocenters. The van der Waals surface area contributed by atoms with Gasteiger partial charge in [0.25, 0.3) is 5.91 Å². The smallest absolute Gasteiger partial charge is 0.257 e. The molecule has 0 aliphatic heterocycles. The summed E-state index contributed by atoms with van der Waals surface area (Å²) in [4.78, 5) is 23.5. The molecule has 0 radical (unpaired) electrons. The van der Waals surface area contributed by atoms with Gasteiger partial charge in [0, 0.05) is 6.42 Å². The summed E-state index contributed by atoms with van der Waals surface area (Å²) >= 11 is 0. The van der Waals surface area contributed by atoms with E-state index in [1.165, 1.54) is 12.1 Å². The Kier molecular flexibility index (Phi) is 6.76. The van der Waals surface area contributed by atoms with Crippen molar-refractivity contribution in [3.8, 4) is 5.75 Å². The minimum atomic E-state index is -0.398. The maximum Gasteiger partial charge on any atom is 0.257 e. The number of hydrogen-bond acceptors (Lipinski definition) is 4. The second kappa shape index (κ2) is 9.27. The zero-order chi connectivity index (χ0) is 18.1. The molecule has 0 atom stereocenters. The normalized spacial score (nSPS) is 10.0. The van der Waals surface area contributed by atoms with Crippen molar-refractivity contribution in [2.45, 2.75) is 12.8 Å². The van der Waals surface area contributed by atoms with Crippen molar-refractivity contribution in [1.82, 2.24) is 10.9 Å². The number of methoxy groups -OCH3 is 1. The molecule has 7 heteroatoms. The number of halogens is 1. The molecule has 0 heterocycles. The van der Waals surface area contributed by atoms with E-state index in [2.05, 4.69) is 16.2 Å². The van der Waals surface area contributed by atoms with Crippen LogP contribution in [0.5, 0.6) is 5.75 Å². The molecule has 0 aliphatic rings. The van der Waals surface area contributed by atoms with Gasteiger partial charge in [-0.3, -0.25) is 20.4 Å². The minimum absolute atomic E-state index is 0.0233. The molecule has 0 fully saturated rings. The minimum Gasteiger partial charge on any atom is -0.495 e. The zero-order valence-electron chi connectivity index (χ0n) is 13.8. The molecule has 0 saturated carbocycles. The van der Waals surface area contributed by atoms with E-state index in [4.69, 9.17) is 4.74 Å². The van der Waals surface area contributed by atoms with E-state index in [9.17, 15) is 14.0 Å². The van der Waals surface area contributed by atoms with Gasteiger partial charge in [-0.25, -0.2) is 4.39 Å². The summed E-state index contributed by atoms with van der Waals surface area (Å²) in [5.74, 6) is -0.469. The van der Waals surface area contributed by atoms with E-state index in [1.54, 1.807) is 31.4 Å². The Hall–Kier alpha value is -3.09. The topological polar surface area (TPSA) is 79.5 Å². The van der Waals surface area contributed by atoms with Gasteiger partial charge in [-0.1, -0.05) is 24.3 Å². The molecule has 0 spiro atoms. The highest BCUT2D eigenvalue weighted by Gasteiger charge is 2.07. The van der Waals surface area contributed by atoms with E-state index in [-0.39, 0.29) is 24.7 Å². The Balaban J connectivity index is 1.69. The molecule has 0 aromatic heterocycles. The monoisotopic (exact) mass is 345 g/mol. The van der Waals surface area contributed by atoms with E-state index in [0.29, 0.717) is 17.9 Å². The second-order valence-electron chi connectivity index (χ2n) is 5.28. The molecule has 6 nitrogen and oxygen atoms in total. The van der Waals surface area contributed by atoms with E-state index in [1.807, 2.05) is 12.1 Å². The third kappa shape index (κ3) is 6.14. The van der Waals surface area contributed by atoms with Crippen molar-refractivity contribution >= 4 is 17.5 Å². The maximum absolute atomic E-state index is 13.1. The Bertz CT molecular complexity index is 737. The number of amides is 2. The van der Waals surface area contributed by atoms with Gasteiger partial charge in [0.05, 0.1) is 19.3 Å². The fraction of sp³-hybridized carbons (Fsp3) is 0.222. The summed E-state index contributed by atoms with van der Waals surface area (Å²) in [7, 11) is 1.54. The molecular weight excluding hydrogens is 325 g/mol. The molecular formula is C18H20FN3O3. The number of carbonyl (C=O) groups is 2. The van der Waals surface area contributed by atoms with Crippen LogP contribution in [0.3, 0.4) is 0 Å². The lowest BCUT2D eigenvalue weighted by Crippen LogP contribution is -2.44. The number of rotatable bonds is 7. The Morgan fingerprint density at radius 2 is 1.80 bits per heavy atom. The average Bonchev–Trinajstić information content (AvgIpc) is 2.63. The van der Waals surface area contributed by atoms with Crippen LogP contribution in [0, 0.1) is 5.82 Å². The summed E-state index contributed by atoms with van der Waals surface area (Å²) < 4.78 is 18.2. The van der Waals surface area contributed by atoms with Crippen molar-refractivity contribution in [2.75, 3.05) is 19.0 Å². The molecule has 2 rings (SSSR count). The summed E-state index contributed by atoms with van der Waals surface area (Å²) in [6.45, 7) is -0.0233. The predicted molar refractivity (Wildman–Crippen MR) is 92.5 cm³/mol. The van der Waals surface area contributed by atoms with Crippen LogP contribution in [0.25, 0.3) is 0 Å². The molecule has 2 aromatic carbocycles. The lowest BCUT2D eigenvalue weighted by molar-refractivity contribution is -0.128. The highest BCUT2D eigenvalue weighted by Crippen LogP contribution is 2.22. The third-order valence-corrected chi connectivity index (χ3v) is 3.42. The van der Waals surface area contributed by atoms with Crippen molar-refractivity contribution in [1.29, 1.82) is 0 Å². The summed E-state index contributed by atoms with van der Waals surface area (Å²) in [5, 5.41) is 2.92. The van der Waals surface area contributed by atoms with Crippen LogP contribution < -0.4 is 20.9 Å². The van der Waals surface area contributed by atoms with Crippen LogP contribution in [-0.4, -0.2) is 25.5 Å². The molecule has 3 N–H and O–H groups in total. The van der Waals surface area contributed by atoms with Gasteiger partial charge in [0.1, 0.15) is 11.6 Å². The standard InChI is InChI=1S/C18H20FN3O3/c1-25-16-8-3-2-7-15(16)20-12-18(24)22-21-17(23)10-9-13-5-4-6-14(19)11-13/h2-8,11,20H,9-10,12H2,1H3,(H,21,23)(H,22,24). The largest absolute Gasteiger partial charge is 0.495 e. The first-order valence-electron chi connectivity index (χ1n) is 7.77. The molecule has 2 amide bonds. The third-order valence-electron chi connectivity index (χ3n) is 3.42. The fourth-order valence-electron chi connectivity index (χ4n) is 2.16.